The molecule has 2 aliphatic heterocycles. The van der Waals surface area contributed by atoms with Crippen molar-refractivity contribution in [2.75, 3.05) is 14.2 Å². The number of aromatic hydroxyl groups is 1. The maximum Gasteiger partial charge on any atom is 0.253 e. The van der Waals surface area contributed by atoms with E-state index < -0.39 is 45.2 Å². The highest BCUT2D eigenvalue weighted by atomic mass is 127. The van der Waals surface area contributed by atoms with E-state index in [9.17, 15) is 24.3 Å². The van der Waals surface area contributed by atoms with Crippen LogP contribution < -0.4 is 4.74 Å². The second kappa shape index (κ2) is 9.19. The van der Waals surface area contributed by atoms with E-state index in [1.165, 1.54) is 30.4 Å². The number of thiophene rings is 1. The monoisotopic (exact) mass is 700 g/mol. The Balaban J connectivity index is 1.51. The number of benzene rings is 1. The van der Waals surface area contributed by atoms with Gasteiger partial charge in [-0.15, -0.1) is 34.5 Å². The maximum atomic E-state index is 13.9. The van der Waals surface area contributed by atoms with E-state index in [-0.39, 0.29) is 36.3 Å². The van der Waals surface area contributed by atoms with Crippen LogP contribution in [0, 0.1) is 21.3 Å². The Morgan fingerprint density at radius 1 is 1.15 bits per heavy atom. The number of hydrogen-bond acceptors (Lipinski definition) is 7. The van der Waals surface area contributed by atoms with Gasteiger partial charge in [-0.05, 0) is 70.5 Å². The molecule has 2 aliphatic carbocycles. The first-order chi connectivity index (χ1) is 18.5. The van der Waals surface area contributed by atoms with Gasteiger partial charge in [-0.2, -0.15) is 0 Å². The fraction of sp³-hybridized carbons (Fsp3) is 0.407. The zero-order valence-corrected chi connectivity index (χ0v) is 25.3. The van der Waals surface area contributed by atoms with Crippen LogP contribution in [0.1, 0.15) is 29.2 Å². The Morgan fingerprint density at radius 3 is 2.56 bits per heavy atom. The van der Waals surface area contributed by atoms with E-state index in [0.717, 1.165) is 9.78 Å². The summed E-state index contributed by atoms with van der Waals surface area (Å²) in [5.74, 6) is -4.54. The second-order valence-electron chi connectivity index (χ2n) is 10.4. The van der Waals surface area contributed by atoms with Crippen LogP contribution in [0.15, 0.2) is 41.3 Å². The molecule has 2 saturated heterocycles. The fourth-order valence-corrected chi connectivity index (χ4v) is 9.15. The highest BCUT2D eigenvalue weighted by molar-refractivity contribution is 14.1. The number of carbonyl (C=O) groups excluding carboxylic acids is 4. The number of ether oxygens (including phenoxy) is 1. The van der Waals surface area contributed by atoms with Crippen molar-refractivity contribution in [3.05, 3.63) is 55.3 Å². The number of carbonyl (C=O) groups is 4. The summed E-state index contributed by atoms with van der Waals surface area (Å²) in [7, 11) is 2.76. The highest BCUT2D eigenvalue weighted by Gasteiger charge is 2.75. The Labute approximate surface area is 252 Å². The Morgan fingerprint density at radius 2 is 1.90 bits per heavy atom. The van der Waals surface area contributed by atoms with Crippen molar-refractivity contribution >= 4 is 80.8 Å². The molecule has 0 bridgehead atoms. The van der Waals surface area contributed by atoms with Crippen molar-refractivity contribution in [1.29, 1.82) is 0 Å². The minimum atomic E-state index is -1.89. The average molecular weight is 701 g/mol. The van der Waals surface area contributed by atoms with E-state index in [1.807, 2.05) is 46.2 Å². The molecule has 4 aliphatic rings. The topological polar surface area (TPSA) is 104 Å². The molecule has 8 nitrogen and oxygen atoms in total. The first-order valence-corrected chi connectivity index (χ1v) is 15.0. The van der Waals surface area contributed by atoms with E-state index in [2.05, 4.69) is 0 Å². The van der Waals surface area contributed by atoms with E-state index in [1.54, 1.807) is 12.1 Å². The number of phenols is 1. The van der Waals surface area contributed by atoms with Crippen LogP contribution >= 0.6 is 57.1 Å². The molecule has 0 radical (unpaired) electrons. The lowest BCUT2D eigenvalue weighted by Crippen LogP contribution is -2.60. The molecule has 12 heteroatoms. The molecular formula is C27H23Cl2IN2O6S. The van der Waals surface area contributed by atoms with Gasteiger partial charge < -0.3 is 9.84 Å². The average Bonchev–Trinajstić information content (AvgIpc) is 3.55. The van der Waals surface area contributed by atoms with Crippen molar-refractivity contribution in [2.24, 2.45) is 17.8 Å². The number of hydrogen-bond donors (Lipinski definition) is 1. The van der Waals surface area contributed by atoms with E-state index in [4.69, 9.17) is 27.9 Å². The molecular weight excluding hydrogens is 678 g/mol. The number of allylic oxidation sites excluding steroid dienone is 2. The van der Waals surface area contributed by atoms with E-state index >= 15 is 0 Å². The minimum absolute atomic E-state index is 0.0609. The molecule has 1 saturated carbocycles. The molecule has 6 atom stereocenters. The predicted molar refractivity (Wildman–Crippen MR) is 153 cm³/mol. The molecule has 2 aromatic rings. The number of imide groups is 2. The summed E-state index contributed by atoms with van der Waals surface area (Å²) in [6.07, 6.45) is 2.12. The van der Waals surface area contributed by atoms with Crippen LogP contribution in [0.3, 0.4) is 0 Å². The normalized spacial score (nSPS) is 33.7. The van der Waals surface area contributed by atoms with Crippen molar-refractivity contribution in [1.82, 2.24) is 9.80 Å². The summed E-state index contributed by atoms with van der Waals surface area (Å²) in [5.41, 5.74) is 1.22. The van der Waals surface area contributed by atoms with Crippen LogP contribution in [0.4, 0.5) is 0 Å². The summed E-state index contributed by atoms with van der Waals surface area (Å²) in [5, 5.41) is 12.4. The third kappa shape index (κ3) is 3.53. The van der Waals surface area contributed by atoms with Crippen LogP contribution in [0.25, 0.3) is 0 Å². The van der Waals surface area contributed by atoms with Crippen LogP contribution in [-0.4, -0.2) is 62.4 Å². The molecule has 1 aromatic carbocycles. The summed E-state index contributed by atoms with van der Waals surface area (Å²) in [6, 6.07) is 7.01. The van der Waals surface area contributed by atoms with Gasteiger partial charge in [0.2, 0.25) is 11.8 Å². The Kier molecular flexibility index (Phi) is 6.37. The number of fused-ring (bicyclic) bond motifs is 4. The summed E-state index contributed by atoms with van der Waals surface area (Å²) >= 11 is 17.8. The minimum Gasteiger partial charge on any atom is -0.504 e. The van der Waals surface area contributed by atoms with E-state index in [0.29, 0.717) is 21.1 Å². The van der Waals surface area contributed by atoms with Gasteiger partial charge in [0.05, 0.1) is 29.1 Å². The summed E-state index contributed by atoms with van der Waals surface area (Å²) in [4.78, 5) is 53.9. The van der Waals surface area contributed by atoms with Crippen LogP contribution in [0.5, 0.6) is 11.5 Å². The van der Waals surface area contributed by atoms with Gasteiger partial charge in [0, 0.05) is 17.8 Å². The molecule has 204 valence electrons. The Hall–Kier alpha value is -2.15. The molecule has 6 unspecified atom stereocenters. The maximum absolute atomic E-state index is 13.9. The van der Waals surface area contributed by atoms with Crippen molar-refractivity contribution in [3.8, 4) is 11.5 Å². The zero-order chi connectivity index (χ0) is 28.0. The number of methoxy groups -OCH3 is 1. The van der Waals surface area contributed by atoms with Crippen molar-refractivity contribution < 1.29 is 29.0 Å². The van der Waals surface area contributed by atoms with Crippen LogP contribution in [0.2, 0.25) is 0 Å². The lowest BCUT2D eigenvalue weighted by atomic mass is 9.56. The third-order valence-corrected chi connectivity index (χ3v) is 11.7. The van der Waals surface area contributed by atoms with Gasteiger partial charge in [0.15, 0.2) is 21.2 Å². The zero-order valence-electron chi connectivity index (χ0n) is 20.8. The van der Waals surface area contributed by atoms with Gasteiger partial charge in [-0.1, -0.05) is 17.7 Å². The lowest BCUT2D eigenvalue weighted by molar-refractivity contribution is -0.141. The molecule has 39 heavy (non-hydrogen) atoms. The van der Waals surface area contributed by atoms with Gasteiger partial charge in [0.1, 0.15) is 0 Å². The second-order valence-corrected chi connectivity index (χ2v) is 13.8. The number of amides is 4. The summed E-state index contributed by atoms with van der Waals surface area (Å²) < 4.78 is 5.84. The fourth-order valence-electron chi connectivity index (χ4n) is 6.81. The molecule has 6 rings (SSSR count). The molecule has 1 aromatic heterocycles. The van der Waals surface area contributed by atoms with Crippen LogP contribution in [-0.2, 0) is 25.7 Å². The van der Waals surface area contributed by atoms with Crippen molar-refractivity contribution in [2.45, 2.75) is 35.1 Å². The lowest BCUT2D eigenvalue weighted by Gasteiger charge is -2.50. The van der Waals surface area contributed by atoms with Crippen molar-refractivity contribution in [3.63, 3.8) is 0 Å². The van der Waals surface area contributed by atoms with Gasteiger partial charge in [-0.3, -0.25) is 29.0 Å². The number of nitrogens with zero attached hydrogens (tertiary/aromatic N) is 2. The summed E-state index contributed by atoms with van der Waals surface area (Å²) in [6.45, 7) is 0.187. The molecule has 3 heterocycles. The molecule has 3 fully saturated rings. The molecule has 4 amide bonds. The number of rotatable bonds is 4. The number of likely N-dealkylation sites (tertiary alicyclic amines) is 2. The Bertz CT molecular complexity index is 1480. The number of alkyl halides is 2. The van der Waals surface area contributed by atoms with Gasteiger partial charge in [-0.25, -0.2) is 0 Å². The predicted octanol–water partition coefficient (Wildman–Crippen LogP) is 4.26. The smallest absolute Gasteiger partial charge is 0.253 e. The number of phenolic OH excluding ortho intramolecular Hbond substituents is 1. The highest BCUT2D eigenvalue weighted by Crippen LogP contribution is 2.65. The first-order valence-electron chi connectivity index (χ1n) is 12.3. The molecule has 0 spiro atoms. The third-order valence-electron chi connectivity index (χ3n) is 8.60. The first kappa shape index (κ1) is 27.0. The van der Waals surface area contributed by atoms with Gasteiger partial charge in [0.25, 0.3) is 11.8 Å². The SMILES string of the molecule is COc1cc(C2C3=CCC4C(=O)N(Cc5cccs5)C(=O)C4C3CC3(Cl)C(=O)N(C)C(=O)C23Cl)cc(I)c1O. The van der Waals surface area contributed by atoms with Gasteiger partial charge >= 0.3 is 0 Å². The molecule has 1 N–H and O–H groups in total. The quantitative estimate of drug-likeness (QED) is 0.222. The largest absolute Gasteiger partial charge is 0.504 e. The number of halogens is 3. The standard InChI is InChI=1S/C27H23Cl2IN2O6S/c1-31-24(36)26(28)10-16-14(5-6-15-19(16)23(35)32(22(15)34)11-13-4-3-7-39-13)20(27(26,29)25(31)37)12-8-17(30)21(33)18(9-12)38-2/h3-5,7-9,15-16,19-20,33H,6,10-11H2,1-2H3.